The number of guanidine groups is 1. The monoisotopic (exact) mass is 354 g/mol. The van der Waals surface area contributed by atoms with Gasteiger partial charge >= 0.3 is 0 Å². The predicted molar refractivity (Wildman–Crippen MR) is 99.7 cm³/mol. The Morgan fingerprint density at radius 1 is 1.29 bits per heavy atom. The van der Waals surface area contributed by atoms with Crippen molar-refractivity contribution >= 4 is 23.6 Å². The average molecular weight is 354 g/mol. The van der Waals surface area contributed by atoms with Crippen molar-refractivity contribution in [1.29, 1.82) is 0 Å². The van der Waals surface area contributed by atoms with Gasteiger partial charge in [-0.15, -0.1) is 0 Å². The van der Waals surface area contributed by atoms with Gasteiger partial charge in [0.2, 0.25) is 5.91 Å². The van der Waals surface area contributed by atoms with Crippen molar-refractivity contribution in [3.8, 4) is 0 Å². The second-order valence-electron chi connectivity index (χ2n) is 5.51. The number of aliphatic imine (C=N–C) groups is 1. The Morgan fingerprint density at radius 2 is 2.04 bits per heavy atom. The third-order valence-electron chi connectivity index (χ3n) is 3.35. The number of carbonyl (C=O) groups is 1. The first-order valence-corrected chi connectivity index (χ1v) is 9.35. The highest BCUT2D eigenvalue weighted by atomic mass is 32.2. The molecule has 0 saturated carbocycles. The van der Waals surface area contributed by atoms with Crippen molar-refractivity contribution in [2.45, 2.75) is 25.6 Å². The van der Waals surface area contributed by atoms with E-state index in [2.05, 4.69) is 15.6 Å². The zero-order valence-electron chi connectivity index (χ0n) is 14.9. The molecule has 7 heteroatoms. The van der Waals surface area contributed by atoms with Crippen LogP contribution in [0.4, 0.5) is 4.39 Å². The largest absolute Gasteiger partial charge is 0.357 e. The summed E-state index contributed by atoms with van der Waals surface area (Å²) in [7, 11) is 3.48. The van der Waals surface area contributed by atoms with Gasteiger partial charge in [-0.05, 0) is 36.4 Å². The van der Waals surface area contributed by atoms with E-state index >= 15 is 0 Å². The van der Waals surface area contributed by atoms with Crippen LogP contribution in [0.25, 0.3) is 0 Å². The molecule has 24 heavy (non-hydrogen) atoms. The maximum Gasteiger partial charge on any atom is 0.223 e. The Labute approximate surface area is 148 Å². The number of benzene rings is 1. The van der Waals surface area contributed by atoms with E-state index in [4.69, 9.17) is 0 Å². The standard InChI is InChI=1S/C17H27FN4OS/c1-5-19-17(20-9-8-16(23)22(2)3)21-11-13-6-7-15(18)10-14(13)12-24-4/h6-7,10H,5,8-9,11-12H2,1-4H3,(H2,19,20,21). The molecule has 1 rings (SSSR count). The molecule has 0 bridgehead atoms. The second-order valence-corrected chi connectivity index (χ2v) is 6.37. The number of rotatable bonds is 8. The van der Waals surface area contributed by atoms with Crippen LogP contribution in [0.5, 0.6) is 0 Å². The summed E-state index contributed by atoms with van der Waals surface area (Å²) in [6.07, 6.45) is 2.40. The van der Waals surface area contributed by atoms with Gasteiger partial charge in [0.05, 0.1) is 6.54 Å². The van der Waals surface area contributed by atoms with Gasteiger partial charge in [0.15, 0.2) is 5.96 Å². The summed E-state index contributed by atoms with van der Waals surface area (Å²) in [4.78, 5) is 17.7. The highest BCUT2D eigenvalue weighted by molar-refractivity contribution is 7.97. The summed E-state index contributed by atoms with van der Waals surface area (Å²) in [5.74, 6) is 1.26. The molecule has 0 radical (unpaired) electrons. The Balaban J connectivity index is 2.70. The number of amides is 1. The minimum absolute atomic E-state index is 0.0686. The van der Waals surface area contributed by atoms with Crippen molar-refractivity contribution in [1.82, 2.24) is 15.5 Å². The van der Waals surface area contributed by atoms with Crippen molar-refractivity contribution in [3.63, 3.8) is 0 Å². The van der Waals surface area contributed by atoms with Gasteiger partial charge < -0.3 is 15.5 Å². The molecular weight excluding hydrogens is 327 g/mol. The Morgan fingerprint density at radius 3 is 2.67 bits per heavy atom. The van der Waals surface area contributed by atoms with E-state index in [1.165, 1.54) is 6.07 Å². The average Bonchev–Trinajstić information content (AvgIpc) is 2.54. The lowest BCUT2D eigenvalue weighted by Gasteiger charge is -2.14. The van der Waals surface area contributed by atoms with E-state index < -0.39 is 0 Å². The summed E-state index contributed by atoms with van der Waals surface area (Å²) >= 11 is 1.65. The van der Waals surface area contributed by atoms with E-state index in [1.807, 2.05) is 13.2 Å². The van der Waals surface area contributed by atoms with Gasteiger partial charge in [-0.1, -0.05) is 6.07 Å². The van der Waals surface area contributed by atoms with Gasteiger partial charge in [-0.2, -0.15) is 11.8 Å². The lowest BCUT2D eigenvalue weighted by molar-refractivity contribution is -0.128. The number of hydrogen-bond donors (Lipinski definition) is 2. The van der Waals surface area contributed by atoms with Gasteiger partial charge in [0, 0.05) is 39.4 Å². The maximum absolute atomic E-state index is 13.4. The normalized spacial score (nSPS) is 11.3. The molecule has 0 unspecified atom stereocenters. The number of nitrogens with one attached hydrogen (secondary N) is 2. The zero-order valence-corrected chi connectivity index (χ0v) is 15.7. The summed E-state index contributed by atoms with van der Waals surface area (Å²) in [5, 5.41) is 6.31. The molecule has 1 aromatic rings. The van der Waals surface area contributed by atoms with Crippen LogP contribution in [-0.2, 0) is 17.1 Å². The minimum Gasteiger partial charge on any atom is -0.357 e. The molecule has 2 N–H and O–H groups in total. The van der Waals surface area contributed by atoms with Crippen molar-refractivity contribution in [3.05, 3.63) is 35.1 Å². The fourth-order valence-electron chi connectivity index (χ4n) is 2.06. The van der Waals surface area contributed by atoms with E-state index in [0.29, 0.717) is 25.5 Å². The predicted octanol–water partition coefficient (Wildman–Crippen LogP) is 2.22. The lowest BCUT2D eigenvalue weighted by Crippen LogP contribution is -2.39. The third-order valence-corrected chi connectivity index (χ3v) is 3.95. The van der Waals surface area contributed by atoms with Gasteiger partial charge in [0.25, 0.3) is 0 Å². The second kappa shape index (κ2) is 10.9. The summed E-state index contributed by atoms with van der Waals surface area (Å²) in [6.45, 7) is 3.70. The molecule has 0 aliphatic rings. The topological polar surface area (TPSA) is 56.7 Å². The van der Waals surface area contributed by atoms with E-state index in [-0.39, 0.29) is 11.7 Å². The molecule has 0 aliphatic heterocycles. The van der Waals surface area contributed by atoms with Crippen molar-refractivity contribution in [2.75, 3.05) is 33.4 Å². The van der Waals surface area contributed by atoms with Gasteiger partial charge in [-0.25, -0.2) is 9.38 Å². The Kier molecular flexibility index (Phi) is 9.22. The highest BCUT2D eigenvalue weighted by Crippen LogP contribution is 2.17. The molecule has 0 aliphatic carbocycles. The number of halogens is 1. The number of thioether (sulfide) groups is 1. The number of hydrogen-bond acceptors (Lipinski definition) is 3. The van der Waals surface area contributed by atoms with Crippen LogP contribution >= 0.6 is 11.8 Å². The summed E-state index contributed by atoms with van der Waals surface area (Å²) in [6, 6.07) is 4.81. The molecule has 0 heterocycles. The molecule has 0 fully saturated rings. The highest BCUT2D eigenvalue weighted by Gasteiger charge is 2.06. The van der Waals surface area contributed by atoms with Crippen LogP contribution in [0.3, 0.4) is 0 Å². The van der Waals surface area contributed by atoms with Crippen LogP contribution in [0.1, 0.15) is 24.5 Å². The zero-order chi connectivity index (χ0) is 17.9. The summed E-state index contributed by atoms with van der Waals surface area (Å²) in [5.41, 5.74) is 1.97. The van der Waals surface area contributed by atoms with Crippen LogP contribution < -0.4 is 10.6 Å². The van der Waals surface area contributed by atoms with E-state index in [1.54, 1.807) is 42.9 Å². The molecule has 0 spiro atoms. The molecule has 0 aromatic heterocycles. The number of nitrogens with zero attached hydrogens (tertiary/aromatic N) is 2. The van der Waals surface area contributed by atoms with Crippen LogP contribution in [0, 0.1) is 5.82 Å². The van der Waals surface area contributed by atoms with Gasteiger partial charge in [0.1, 0.15) is 5.82 Å². The van der Waals surface area contributed by atoms with Crippen LogP contribution in [0.2, 0.25) is 0 Å². The Bertz CT molecular complexity index is 564. The first kappa shape index (κ1) is 20.3. The lowest BCUT2D eigenvalue weighted by atomic mass is 10.1. The fraction of sp³-hybridized carbons (Fsp3) is 0.529. The van der Waals surface area contributed by atoms with Crippen LogP contribution in [-0.4, -0.2) is 50.2 Å². The first-order chi connectivity index (χ1) is 11.5. The maximum atomic E-state index is 13.4. The van der Waals surface area contributed by atoms with E-state index in [0.717, 1.165) is 23.4 Å². The SMILES string of the molecule is CCNC(=NCc1ccc(F)cc1CSC)NCCC(=O)N(C)C. The Hall–Kier alpha value is -1.76. The fourth-order valence-corrected chi connectivity index (χ4v) is 2.64. The van der Waals surface area contributed by atoms with E-state index in [9.17, 15) is 9.18 Å². The summed E-state index contributed by atoms with van der Waals surface area (Å²) < 4.78 is 13.4. The minimum atomic E-state index is -0.223. The van der Waals surface area contributed by atoms with Gasteiger partial charge in [-0.3, -0.25) is 4.79 Å². The molecule has 134 valence electrons. The third kappa shape index (κ3) is 7.21. The van der Waals surface area contributed by atoms with Crippen molar-refractivity contribution in [2.24, 2.45) is 4.99 Å². The smallest absolute Gasteiger partial charge is 0.223 e. The molecule has 1 aromatic carbocycles. The quantitative estimate of drug-likeness (QED) is 0.555. The van der Waals surface area contributed by atoms with Crippen LogP contribution in [0.15, 0.2) is 23.2 Å². The molecular formula is C17H27FN4OS. The molecule has 5 nitrogen and oxygen atoms in total. The number of carbonyl (C=O) groups excluding carboxylic acids is 1. The molecule has 0 saturated heterocycles. The molecule has 0 atom stereocenters. The van der Waals surface area contributed by atoms with Crippen molar-refractivity contribution < 1.29 is 9.18 Å². The first-order valence-electron chi connectivity index (χ1n) is 7.96. The molecule has 1 amide bonds.